The van der Waals surface area contributed by atoms with Gasteiger partial charge in [0.15, 0.2) is 11.0 Å². The number of thioether (sulfide) groups is 1. The van der Waals surface area contributed by atoms with Gasteiger partial charge in [-0.1, -0.05) is 42.1 Å². The van der Waals surface area contributed by atoms with E-state index in [-0.39, 0.29) is 23.4 Å². The number of amides is 2. The molecule has 3 aromatic rings. The number of hydrogen-bond acceptors (Lipinski definition) is 6. The van der Waals surface area contributed by atoms with Gasteiger partial charge in [0.25, 0.3) is 11.8 Å². The van der Waals surface area contributed by atoms with Gasteiger partial charge in [-0.15, -0.1) is 16.8 Å². The van der Waals surface area contributed by atoms with E-state index >= 15 is 0 Å². The maximum atomic E-state index is 12.5. The maximum absolute atomic E-state index is 12.5. The Labute approximate surface area is 165 Å². The molecule has 2 heterocycles. The molecular weight excluding hydrogens is 376 g/mol. The monoisotopic (exact) mass is 392 g/mol. The Kier molecular flexibility index (Phi) is 4.70. The zero-order chi connectivity index (χ0) is 19.7. The second-order valence-electron chi connectivity index (χ2n) is 6.08. The molecule has 4 rings (SSSR count). The fourth-order valence-electron chi connectivity index (χ4n) is 3.03. The number of benzene rings is 2. The van der Waals surface area contributed by atoms with Gasteiger partial charge in [-0.25, -0.2) is 0 Å². The number of carbonyl (C=O) groups excluding carboxylic acids is 2. The van der Waals surface area contributed by atoms with E-state index in [4.69, 9.17) is 0 Å². The van der Waals surface area contributed by atoms with Crippen LogP contribution in [-0.2, 0) is 6.54 Å². The van der Waals surface area contributed by atoms with Gasteiger partial charge in [-0.2, -0.15) is 0 Å². The Balaban J connectivity index is 1.60. The first-order valence-corrected chi connectivity index (χ1v) is 9.51. The third-order valence-corrected chi connectivity index (χ3v) is 5.32. The van der Waals surface area contributed by atoms with E-state index in [1.807, 2.05) is 0 Å². The van der Waals surface area contributed by atoms with E-state index in [0.717, 1.165) is 0 Å². The van der Waals surface area contributed by atoms with Crippen LogP contribution in [0.4, 0.5) is 0 Å². The zero-order valence-corrected chi connectivity index (χ0v) is 15.6. The standard InChI is InChI=1S/C20H16N4O3S/c1-2-11-23-17(15-9-5-6-10-16(15)25)21-22-20(23)28-12-24-18(26)13-7-3-4-8-14(13)19(24)27/h2-10,25H,1,11-12H2. The van der Waals surface area contributed by atoms with E-state index in [9.17, 15) is 14.7 Å². The number of hydrogen-bond donors (Lipinski definition) is 1. The van der Waals surface area contributed by atoms with Gasteiger partial charge in [0.05, 0.1) is 22.6 Å². The number of rotatable bonds is 6. The summed E-state index contributed by atoms with van der Waals surface area (Å²) in [5.41, 5.74) is 1.37. The Morgan fingerprint density at radius 2 is 1.57 bits per heavy atom. The van der Waals surface area contributed by atoms with Crippen LogP contribution in [0.15, 0.2) is 66.3 Å². The smallest absolute Gasteiger partial charge is 0.262 e. The van der Waals surface area contributed by atoms with Gasteiger partial charge < -0.3 is 5.11 Å². The molecule has 7 nitrogen and oxygen atoms in total. The fraction of sp³-hybridized carbons (Fsp3) is 0.100. The molecule has 1 N–H and O–H groups in total. The average molecular weight is 392 g/mol. The molecule has 0 bridgehead atoms. The summed E-state index contributed by atoms with van der Waals surface area (Å²) in [6, 6.07) is 13.6. The number of nitrogens with zero attached hydrogens (tertiary/aromatic N) is 4. The molecule has 1 aliphatic rings. The van der Waals surface area contributed by atoms with Crippen molar-refractivity contribution in [1.29, 1.82) is 0 Å². The van der Waals surface area contributed by atoms with Gasteiger partial charge in [-0.05, 0) is 24.3 Å². The Morgan fingerprint density at radius 1 is 0.964 bits per heavy atom. The highest BCUT2D eigenvalue weighted by Crippen LogP contribution is 2.31. The van der Waals surface area contributed by atoms with E-state index in [1.165, 1.54) is 16.7 Å². The van der Waals surface area contributed by atoms with E-state index < -0.39 is 0 Å². The normalized spacial score (nSPS) is 13.1. The molecule has 2 amide bonds. The zero-order valence-electron chi connectivity index (χ0n) is 14.8. The molecule has 28 heavy (non-hydrogen) atoms. The molecule has 0 aliphatic carbocycles. The first kappa shape index (κ1) is 18.0. The van der Waals surface area contributed by atoms with Crippen LogP contribution < -0.4 is 0 Å². The fourth-order valence-corrected chi connectivity index (χ4v) is 3.92. The molecule has 2 aromatic carbocycles. The summed E-state index contributed by atoms with van der Waals surface area (Å²) in [5.74, 6) is 0.0650. The van der Waals surface area contributed by atoms with Crippen molar-refractivity contribution in [3.05, 3.63) is 72.3 Å². The summed E-state index contributed by atoms with van der Waals surface area (Å²) in [6.07, 6.45) is 1.69. The van der Waals surface area contributed by atoms with E-state index in [2.05, 4.69) is 16.8 Å². The summed E-state index contributed by atoms with van der Waals surface area (Å²) in [5, 5.41) is 19.0. The Bertz CT molecular complexity index is 1060. The molecule has 0 saturated carbocycles. The van der Waals surface area contributed by atoms with Crippen molar-refractivity contribution in [2.45, 2.75) is 11.7 Å². The molecule has 0 unspecified atom stereocenters. The number of imide groups is 1. The highest BCUT2D eigenvalue weighted by Gasteiger charge is 2.35. The number of aromatic nitrogens is 3. The van der Waals surface area contributed by atoms with Gasteiger partial charge in [-0.3, -0.25) is 19.1 Å². The van der Waals surface area contributed by atoms with Crippen molar-refractivity contribution >= 4 is 23.6 Å². The highest BCUT2D eigenvalue weighted by molar-refractivity contribution is 7.99. The van der Waals surface area contributed by atoms with Gasteiger partial charge in [0, 0.05) is 6.54 Å². The number of carbonyl (C=O) groups is 2. The maximum Gasteiger partial charge on any atom is 0.262 e. The number of aromatic hydroxyl groups is 1. The van der Waals surface area contributed by atoms with Gasteiger partial charge >= 0.3 is 0 Å². The number of para-hydroxylation sites is 1. The SMILES string of the molecule is C=CCn1c(SCN2C(=O)c3ccccc3C2=O)nnc1-c1ccccc1O. The predicted octanol–water partition coefficient (Wildman–Crippen LogP) is 3.18. The second kappa shape index (κ2) is 7.32. The van der Waals surface area contributed by atoms with Crippen LogP contribution in [0.1, 0.15) is 20.7 Å². The lowest BCUT2D eigenvalue weighted by Gasteiger charge is -2.13. The van der Waals surface area contributed by atoms with Crippen molar-refractivity contribution in [1.82, 2.24) is 19.7 Å². The Morgan fingerprint density at radius 3 is 2.18 bits per heavy atom. The van der Waals surface area contributed by atoms with Crippen molar-refractivity contribution in [2.75, 3.05) is 5.88 Å². The van der Waals surface area contributed by atoms with E-state index in [0.29, 0.717) is 34.2 Å². The molecular formula is C20H16N4O3S. The minimum atomic E-state index is -0.316. The van der Waals surface area contributed by atoms with Crippen molar-refractivity contribution in [3.63, 3.8) is 0 Å². The van der Waals surface area contributed by atoms with Crippen molar-refractivity contribution < 1.29 is 14.7 Å². The van der Waals surface area contributed by atoms with Crippen LogP contribution in [0.3, 0.4) is 0 Å². The predicted molar refractivity (Wildman–Crippen MR) is 105 cm³/mol. The van der Waals surface area contributed by atoms with Crippen LogP contribution >= 0.6 is 11.8 Å². The highest BCUT2D eigenvalue weighted by atomic mass is 32.2. The average Bonchev–Trinajstić information content (AvgIpc) is 3.21. The molecule has 0 atom stereocenters. The molecule has 8 heteroatoms. The topological polar surface area (TPSA) is 88.3 Å². The molecule has 0 spiro atoms. The third kappa shape index (κ3) is 2.97. The van der Waals surface area contributed by atoms with Crippen LogP contribution in [0, 0.1) is 0 Å². The summed E-state index contributed by atoms with van der Waals surface area (Å²) < 4.78 is 1.78. The summed E-state index contributed by atoms with van der Waals surface area (Å²) in [4.78, 5) is 26.2. The lowest BCUT2D eigenvalue weighted by Crippen LogP contribution is -2.29. The largest absolute Gasteiger partial charge is 0.507 e. The van der Waals surface area contributed by atoms with Crippen molar-refractivity contribution in [2.24, 2.45) is 0 Å². The molecule has 1 aliphatic heterocycles. The van der Waals surface area contributed by atoms with Crippen LogP contribution in [-0.4, -0.2) is 42.5 Å². The van der Waals surface area contributed by atoms with Crippen LogP contribution in [0.25, 0.3) is 11.4 Å². The first-order valence-electron chi connectivity index (χ1n) is 8.52. The lowest BCUT2D eigenvalue weighted by molar-refractivity contribution is 0.0684. The first-order chi connectivity index (χ1) is 13.6. The molecule has 0 saturated heterocycles. The van der Waals surface area contributed by atoms with Crippen LogP contribution in [0.2, 0.25) is 0 Å². The number of allylic oxidation sites excluding steroid dienone is 1. The summed E-state index contributed by atoms with van der Waals surface area (Å²) >= 11 is 1.23. The molecule has 1 aromatic heterocycles. The minimum absolute atomic E-state index is 0.0945. The van der Waals surface area contributed by atoms with Gasteiger partial charge in [0.1, 0.15) is 5.75 Å². The summed E-state index contributed by atoms with van der Waals surface area (Å²) in [7, 11) is 0. The Hall–Kier alpha value is -3.39. The summed E-state index contributed by atoms with van der Waals surface area (Å²) in [6.45, 7) is 4.17. The van der Waals surface area contributed by atoms with E-state index in [1.54, 1.807) is 59.2 Å². The lowest BCUT2D eigenvalue weighted by atomic mass is 10.1. The quantitative estimate of drug-likeness (QED) is 0.394. The molecule has 0 radical (unpaired) electrons. The molecule has 0 fully saturated rings. The third-order valence-electron chi connectivity index (χ3n) is 4.37. The second-order valence-corrected chi connectivity index (χ2v) is 6.99. The number of fused-ring (bicyclic) bond motifs is 1. The number of phenols is 1. The number of phenolic OH excluding ortho intramolecular Hbond substituents is 1. The molecule has 140 valence electrons. The minimum Gasteiger partial charge on any atom is -0.507 e. The van der Waals surface area contributed by atoms with Crippen molar-refractivity contribution in [3.8, 4) is 17.1 Å². The van der Waals surface area contributed by atoms with Crippen LogP contribution in [0.5, 0.6) is 5.75 Å². The van der Waals surface area contributed by atoms with Gasteiger partial charge in [0.2, 0.25) is 0 Å².